The van der Waals surface area contributed by atoms with E-state index in [-0.39, 0.29) is 18.3 Å². The molecule has 0 saturated carbocycles. The fourth-order valence-corrected chi connectivity index (χ4v) is 2.98. The van der Waals surface area contributed by atoms with Crippen molar-refractivity contribution in [3.63, 3.8) is 0 Å². The molecule has 3 N–H and O–H groups in total. The minimum atomic E-state index is -0.572. The summed E-state index contributed by atoms with van der Waals surface area (Å²) in [6.45, 7) is 5.49. The number of ether oxygens (including phenoxy) is 1. The zero-order valence-corrected chi connectivity index (χ0v) is 14.9. The van der Waals surface area contributed by atoms with Crippen LogP contribution in [-0.2, 0) is 18.5 Å². The van der Waals surface area contributed by atoms with Gasteiger partial charge < -0.3 is 15.4 Å². The first-order chi connectivity index (χ1) is 11.0. The Labute approximate surface area is 147 Å². The van der Waals surface area contributed by atoms with Crippen LogP contribution >= 0.6 is 12.4 Å². The van der Waals surface area contributed by atoms with E-state index in [2.05, 4.69) is 20.8 Å². The zero-order valence-electron chi connectivity index (χ0n) is 14.1. The summed E-state index contributed by atoms with van der Waals surface area (Å²) in [6, 6.07) is 7.70. The first-order valence-corrected chi connectivity index (χ1v) is 7.76. The molecule has 0 aliphatic carbocycles. The fraction of sp³-hybridized carbons (Fsp3) is 0.412. The van der Waals surface area contributed by atoms with Crippen molar-refractivity contribution >= 4 is 18.3 Å². The summed E-state index contributed by atoms with van der Waals surface area (Å²) in [7, 11) is 1.63. The highest BCUT2D eigenvalue weighted by Crippen LogP contribution is 2.29. The van der Waals surface area contributed by atoms with E-state index in [4.69, 9.17) is 4.74 Å². The van der Waals surface area contributed by atoms with E-state index in [0.29, 0.717) is 12.2 Å². The number of hydrogen-bond donors (Lipinski definition) is 3. The summed E-state index contributed by atoms with van der Waals surface area (Å²) in [5, 5.41) is 13.5. The molecule has 7 heteroatoms. The number of benzene rings is 1. The van der Waals surface area contributed by atoms with Crippen molar-refractivity contribution in [2.75, 3.05) is 13.7 Å². The molecule has 0 unspecified atom stereocenters. The van der Waals surface area contributed by atoms with Crippen molar-refractivity contribution in [3.8, 4) is 5.75 Å². The molecule has 3 rings (SSSR count). The van der Waals surface area contributed by atoms with Gasteiger partial charge in [-0.1, -0.05) is 18.2 Å². The Morgan fingerprint density at radius 1 is 1.33 bits per heavy atom. The molecule has 0 fully saturated rings. The van der Waals surface area contributed by atoms with Crippen LogP contribution in [-0.4, -0.2) is 29.8 Å². The second-order valence-corrected chi connectivity index (χ2v) is 6.24. The number of fused-ring (bicyclic) bond motifs is 1. The number of amides is 1. The SMILES string of the molecule is COc1ccccc1C(C)(C)NC(=O)c1n[nH]c2c1CNCC2.Cl. The van der Waals surface area contributed by atoms with Crippen LogP contribution < -0.4 is 15.4 Å². The molecule has 0 bridgehead atoms. The Hall–Kier alpha value is -2.05. The summed E-state index contributed by atoms with van der Waals surface area (Å²) in [5.74, 6) is 0.575. The number of nitrogens with zero attached hydrogens (tertiary/aromatic N) is 1. The van der Waals surface area contributed by atoms with Gasteiger partial charge in [0.15, 0.2) is 5.69 Å². The second kappa shape index (κ2) is 7.23. The molecule has 1 aliphatic rings. The third kappa shape index (κ3) is 3.39. The molecular weight excluding hydrogens is 328 g/mol. The number of aromatic amines is 1. The minimum absolute atomic E-state index is 0. The quantitative estimate of drug-likeness (QED) is 0.789. The van der Waals surface area contributed by atoms with Gasteiger partial charge in [0.2, 0.25) is 0 Å². The number of H-pyrrole nitrogens is 1. The third-order valence-corrected chi connectivity index (χ3v) is 4.23. The van der Waals surface area contributed by atoms with E-state index in [9.17, 15) is 4.79 Å². The van der Waals surface area contributed by atoms with Crippen LogP contribution in [0.25, 0.3) is 0 Å². The van der Waals surface area contributed by atoms with Gasteiger partial charge in [0.1, 0.15) is 5.75 Å². The maximum atomic E-state index is 12.7. The largest absolute Gasteiger partial charge is 0.496 e. The molecule has 2 aromatic rings. The van der Waals surface area contributed by atoms with Gasteiger partial charge in [-0.05, 0) is 19.9 Å². The van der Waals surface area contributed by atoms with E-state index < -0.39 is 5.54 Å². The third-order valence-electron chi connectivity index (χ3n) is 4.23. The van der Waals surface area contributed by atoms with Gasteiger partial charge in [-0.2, -0.15) is 5.10 Å². The molecule has 1 aliphatic heterocycles. The standard InChI is InChI=1S/C17H22N4O2.ClH/c1-17(2,12-6-4-5-7-14(12)23-3)19-16(22)15-11-10-18-9-8-13(11)20-21-15;/h4-7,18H,8-10H2,1-3H3,(H,19,22)(H,20,21);1H. The molecule has 0 spiro atoms. The van der Waals surface area contributed by atoms with Gasteiger partial charge in [0.05, 0.1) is 12.6 Å². The van der Waals surface area contributed by atoms with Gasteiger partial charge >= 0.3 is 0 Å². The Kier molecular flexibility index (Phi) is 5.51. The van der Waals surface area contributed by atoms with E-state index in [0.717, 1.165) is 35.5 Å². The van der Waals surface area contributed by atoms with E-state index in [1.807, 2.05) is 38.1 Å². The van der Waals surface area contributed by atoms with Gasteiger partial charge in [-0.3, -0.25) is 9.89 Å². The number of hydrogen-bond acceptors (Lipinski definition) is 4. The van der Waals surface area contributed by atoms with Crippen LogP contribution in [0.2, 0.25) is 0 Å². The van der Waals surface area contributed by atoms with E-state index in [1.165, 1.54) is 0 Å². The Morgan fingerprint density at radius 3 is 2.83 bits per heavy atom. The summed E-state index contributed by atoms with van der Waals surface area (Å²) in [6.07, 6.45) is 0.867. The average molecular weight is 351 g/mol. The van der Waals surface area contributed by atoms with Crippen LogP contribution in [0.4, 0.5) is 0 Å². The molecular formula is C17H23ClN4O2. The lowest BCUT2D eigenvalue weighted by molar-refractivity contribution is 0.0904. The van der Waals surface area contributed by atoms with Gasteiger partial charge in [-0.25, -0.2) is 0 Å². The van der Waals surface area contributed by atoms with Crippen molar-refractivity contribution in [2.24, 2.45) is 0 Å². The average Bonchev–Trinajstić information content (AvgIpc) is 2.98. The van der Waals surface area contributed by atoms with Crippen molar-refractivity contribution < 1.29 is 9.53 Å². The molecule has 24 heavy (non-hydrogen) atoms. The van der Waals surface area contributed by atoms with Crippen LogP contribution in [0.15, 0.2) is 24.3 Å². The minimum Gasteiger partial charge on any atom is -0.496 e. The highest BCUT2D eigenvalue weighted by Gasteiger charge is 2.29. The maximum Gasteiger partial charge on any atom is 0.272 e. The Bertz CT molecular complexity index is 727. The van der Waals surface area contributed by atoms with Gasteiger partial charge in [0.25, 0.3) is 5.91 Å². The number of halogens is 1. The zero-order chi connectivity index (χ0) is 16.4. The Balaban J connectivity index is 0.00000208. The number of methoxy groups -OCH3 is 1. The van der Waals surface area contributed by atoms with Gasteiger partial charge in [-0.15, -0.1) is 12.4 Å². The normalized spacial score (nSPS) is 13.6. The van der Waals surface area contributed by atoms with E-state index in [1.54, 1.807) is 7.11 Å². The highest BCUT2D eigenvalue weighted by atomic mass is 35.5. The lowest BCUT2D eigenvalue weighted by Crippen LogP contribution is -2.42. The molecule has 6 nitrogen and oxygen atoms in total. The summed E-state index contributed by atoms with van der Waals surface area (Å²) in [5.41, 5.74) is 2.83. The second-order valence-electron chi connectivity index (χ2n) is 6.24. The van der Waals surface area contributed by atoms with Crippen LogP contribution in [0.5, 0.6) is 5.75 Å². The van der Waals surface area contributed by atoms with Gasteiger partial charge in [0, 0.05) is 36.3 Å². The molecule has 0 radical (unpaired) electrons. The Morgan fingerprint density at radius 2 is 2.08 bits per heavy atom. The number of carbonyl (C=O) groups is 1. The predicted molar refractivity (Wildman–Crippen MR) is 94.7 cm³/mol. The monoisotopic (exact) mass is 350 g/mol. The predicted octanol–water partition coefficient (Wildman–Crippen LogP) is 2.15. The maximum absolute atomic E-state index is 12.7. The van der Waals surface area contributed by atoms with Crippen molar-refractivity contribution in [1.29, 1.82) is 0 Å². The van der Waals surface area contributed by atoms with E-state index >= 15 is 0 Å². The fourth-order valence-electron chi connectivity index (χ4n) is 2.98. The molecule has 130 valence electrons. The molecule has 0 saturated heterocycles. The van der Waals surface area contributed by atoms with Crippen molar-refractivity contribution in [2.45, 2.75) is 32.4 Å². The highest BCUT2D eigenvalue weighted by molar-refractivity contribution is 5.94. The number of carbonyl (C=O) groups excluding carboxylic acids is 1. The first kappa shape index (κ1) is 18.3. The number of rotatable bonds is 4. The van der Waals surface area contributed by atoms with Crippen molar-refractivity contribution in [3.05, 3.63) is 46.8 Å². The lowest BCUT2D eigenvalue weighted by atomic mass is 9.93. The molecule has 0 atom stereocenters. The first-order valence-electron chi connectivity index (χ1n) is 7.76. The van der Waals surface area contributed by atoms with Crippen LogP contribution in [0, 0.1) is 0 Å². The summed E-state index contributed by atoms with van der Waals surface area (Å²) >= 11 is 0. The molecule has 1 amide bonds. The number of nitrogens with one attached hydrogen (secondary N) is 3. The summed E-state index contributed by atoms with van der Waals surface area (Å²) in [4.78, 5) is 12.7. The number of para-hydroxylation sites is 1. The van der Waals surface area contributed by atoms with Crippen molar-refractivity contribution in [1.82, 2.24) is 20.8 Å². The molecule has 1 aromatic carbocycles. The van der Waals surface area contributed by atoms with Crippen LogP contribution in [0.1, 0.15) is 41.2 Å². The number of aromatic nitrogens is 2. The summed E-state index contributed by atoms with van der Waals surface area (Å²) < 4.78 is 5.41. The smallest absolute Gasteiger partial charge is 0.272 e. The topological polar surface area (TPSA) is 79.0 Å². The molecule has 2 heterocycles. The molecule has 1 aromatic heterocycles. The lowest BCUT2D eigenvalue weighted by Gasteiger charge is -2.28. The van der Waals surface area contributed by atoms with Crippen LogP contribution in [0.3, 0.4) is 0 Å².